The molecule has 2 aromatic rings. The first-order chi connectivity index (χ1) is 12.9. The Morgan fingerprint density at radius 2 is 0.600 bits per heavy atom. The molecule has 0 N–H and O–H groups in total. The van der Waals surface area contributed by atoms with Gasteiger partial charge in [-0.25, -0.2) is 0 Å². The van der Waals surface area contributed by atoms with Gasteiger partial charge in [0, 0.05) is 48.7 Å². The number of aromatic nitrogens is 2. The van der Waals surface area contributed by atoms with Crippen molar-refractivity contribution >= 4 is 23.9 Å². The van der Waals surface area contributed by atoms with Gasteiger partial charge in [-0.3, -0.25) is 9.97 Å². The van der Waals surface area contributed by atoms with Gasteiger partial charge in [0.05, 0.1) is 0 Å². The van der Waals surface area contributed by atoms with E-state index in [2.05, 4.69) is 9.97 Å². The maximum atomic E-state index is 8.89. The van der Waals surface area contributed by atoms with Gasteiger partial charge in [-0.05, 0) is 52.0 Å². The van der Waals surface area contributed by atoms with E-state index in [9.17, 15) is 0 Å². The van der Waals surface area contributed by atoms with E-state index in [-0.39, 0.29) is 34.1 Å². The van der Waals surface area contributed by atoms with Crippen molar-refractivity contribution in [1.82, 2.24) is 9.97 Å². The van der Waals surface area contributed by atoms with Crippen molar-refractivity contribution in [1.29, 1.82) is 0 Å². The van der Waals surface area contributed by atoms with Gasteiger partial charge in [0.15, 0.2) is 0 Å². The molecule has 0 aliphatic rings. The standard InChI is InChI=1S/2C5H5N.4C2H4O2.2Cu/c2*1-2-4-6-5-3-1;4*1-2(3)4;;/h2*1-5H;4*1H3,(H,3,4);;/q;;;;;;2*+2/p-4. The van der Waals surface area contributed by atoms with Crippen LogP contribution in [0.2, 0.25) is 0 Å². The van der Waals surface area contributed by atoms with Gasteiger partial charge in [-0.15, -0.1) is 0 Å². The Kier molecular flexibility index (Phi) is 51.3. The van der Waals surface area contributed by atoms with Crippen molar-refractivity contribution < 1.29 is 73.7 Å². The second kappa shape index (κ2) is 37.0. The number of carboxylic acids is 4. The molecule has 0 saturated heterocycles. The molecule has 174 valence electrons. The summed E-state index contributed by atoms with van der Waals surface area (Å²) in [6.07, 6.45) is 7.00. The molecule has 0 unspecified atom stereocenters. The Bertz CT molecular complexity index is 469. The van der Waals surface area contributed by atoms with Gasteiger partial charge in [-0.1, -0.05) is 12.1 Å². The Morgan fingerprint density at radius 1 is 0.467 bits per heavy atom. The summed E-state index contributed by atoms with van der Waals surface area (Å²) in [4.78, 5) is 43.1. The zero-order valence-electron chi connectivity index (χ0n) is 16.5. The minimum absolute atomic E-state index is 0. The van der Waals surface area contributed by atoms with E-state index in [4.69, 9.17) is 39.6 Å². The van der Waals surface area contributed by atoms with Crippen LogP contribution in [0.5, 0.6) is 0 Å². The molecule has 0 amide bonds. The molecule has 0 aromatic carbocycles. The monoisotopic (exact) mass is 520 g/mol. The molecule has 2 rings (SSSR count). The first-order valence-electron chi connectivity index (χ1n) is 7.33. The number of carboxylic acid groups (broad SMARTS) is 4. The van der Waals surface area contributed by atoms with Gasteiger partial charge in [0.25, 0.3) is 0 Å². The number of carbonyl (C=O) groups is 4. The Labute approximate surface area is 196 Å². The van der Waals surface area contributed by atoms with Crippen LogP contribution in [-0.4, -0.2) is 33.8 Å². The van der Waals surface area contributed by atoms with Crippen molar-refractivity contribution in [3.8, 4) is 0 Å². The van der Waals surface area contributed by atoms with Gasteiger partial charge >= 0.3 is 34.1 Å². The van der Waals surface area contributed by atoms with E-state index in [0.717, 1.165) is 27.7 Å². The summed E-state index contributed by atoms with van der Waals surface area (Å²) in [5, 5.41) is 35.6. The minimum Gasteiger partial charge on any atom is -0.550 e. The molecule has 0 fully saturated rings. The average molecular weight is 521 g/mol. The van der Waals surface area contributed by atoms with Crippen LogP contribution in [0.3, 0.4) is 0 Å². The molecule has 2 radical (unpaired) electrons. The number of nitrogens with zero attached hydrogens (tertiary/aromatic N) is 2. The smallest absolute Gasteiger partial charge is 0.550 e. The van der Waals surface area contributed by atoms with E-state index < -0.39 is 23.9 Å². The van der Waals surface area contributed by atoms with E-state index in [1.165, 1.54) is 0 Å². The molecule has 0 saturated carbocycles. The Hall–Kier alpha value is -2.78. The SMILES string of the molecule is CC(=O)[O-].CC(=O)[O-].CC(=O)[O-].CC(=O)[O-].[Cu+2].[Cu+2].c1ccncc1.c1ccncc1. The predicted octanol–water partition coefficient (Wildman–Crippen LogP) is -2.82. The second-order valence-corrected chi connectivity index (χ2v) is 4.02. The van der Waals surface area contributed by atoms with Gasteiger partial charge in [0.1, 0.15) is 0 Å². The zero-order chi connectivity index (χ0) is 22.8. The Balaban J connectivity index is -0.0000000577. The van der Waals surface area contributed by atoms with E-state index in [1.54, 1.807) is 24.8 Å². The van der Waals surface area contributed by atoms with Crippen molar-refractivity contribution in [2.24, 2.45) is 0 Å². The Morgan fingerprint density at radius 3 is 0.633 bits per heavy atom. The molecule has 0 bridgehead atoms. The number of pyridine rings is 2. The van der Waals surface area contributed by atoms with Crippen LogP contribution in [0.25, 0.3) is 0 Å². The molecule has 0 atom stereocenters. The van der Waals surface area contributed by atoms with Crippen molar-refractivity contribution in [3.05, 3.63) is 61.2 Å². The van der Waals surface area contributed by atoms with Crippen LogP contribution < -0.4 is 20.4 Å². The van der Waals surface area contributed by atoms with Crippen LogP contribution in [0.15, 0.2) is 61.2 Å². The van der Waals surface area contributed by atoms with Crippen molar-refractivity contribution in [2.75, 3.05) is 0 Å². The topological polar surface area (TPSA) is 186 Å². The number of hydrogen-bond donors (Lipinski definition) is 0. The second-order valence-electron chi connectivity index (χ2n) is 4.02. The number of rotatable bonds is 0. The van der Waals surface area contributed by atoms with Crippen LogP contribution >= 0.6 is 0 Å². The fraction of sp³-hybridized carbons (Fsp3) is 0.222. The molecule has 2 heterocycles. The average Bonchev–Trinajstić information content (AvgIpc) is 2.56. The third kappa shape index (κ3) is 174. The first-order valence-corrected chi connectivity index (χ1v) is 7.33. The fourth-order valence-electron chi connectivity index (χ4n) is 0.625. The maximum absolute atomic E-state index is 8.89. The van der Waals surface area contributed by atoms with E-state index in [0.29, 0.717) is 0 Å². The molecular weight excluding hydrogens is 499 g/mol. The molecule has 0 aliphatic heterocycles. The summed E-state index contributed by atoms with van der Waals surface area (Å²) in [6, 6.07) is 11.4. The summed E-state index contributed by atoms with van der Waals surface area (Å²) in [7, 11) is 0. The number of hydrogen-bond acceptors (Lipinski definition) is 10. The van der Waals surface area contributed by atoms with E-state index >= 15 is 0 Å². The summed E-state index contributed by atoms with van der Waals surface area (Å²) in [5.41, 5.74) is 0. The van der Waals surface area contributed by atoms with Crippen molar-refractivity contribution in [2.45, 2.75) is 27.7 Å². The predicted molar refractivity (Wildman–Crippen MR) is 91.2 cm³/mol. The van der Waals surface area contributed by atoms with E-state index in [1.807, 2.05) is 36.4 Å². The van der Waals surface area contributed by atoms with Crippen LogP contribution in [0.1, 0.15) is 27.7 Å². The fourth-order valence-corrected chi connectivity index (χ4v) is 0.625. The van der Waals surface area contributed by atoms with Gasteiger partial charge in [-0.2, -0.15) is 0 Å². The summed E-state index contributed by atoms with van der Waals surface area (Å²) in [5.74, 6) is -4.33. The van der Waals surface area contributed by atoms with Crippen molar-refractivity contribution in [3.63, 3.8) is 0 Å². The van der Waals surface area contributed by atoms with Gasteiger partial charge < -0.3 is 39.6 Å². The minimum atomic E-state index is -1.08. The molecule has 0 spiro atoms. The summed E-state index contributed by atoms with van der Waals surface area (Å²) in [6.45, 7) is 3.89. The normalized spacial score (nSPS) is 6.53. The third-order valence-corrected chi connectivity index (χ3v) is 1.13. The summed E-state index contributed by atoms with van der Waals surface area (Å²) < 4.78 is 0. The third-order valence-electron chi connectivity index (χ3n) is 1.13. The van der Waals surface area contributed by atoms with Crippen LogP contribution in [0, 0.1) is 0 Å². The van der Waals surface area contributed by atoms with Crippen LogP contribution in [-0.2, 0) is 53.3 Å². The number of aliphatic carboxylic acids is 4. The molecule has 10 nitrogen and oxygen atoms in total. The van der Waals surface area contributed by atoms with Crippen LogP contribution in [0.4, 0.5) is 0 Å². The molecule has 12 heteroatoms. The molecule has 2 aromatic heterocycles. The molecule has 0 aliphatic carbocycles. The largest absolute Gasteiger partial charge is 2.00 e. The van der Waals surface area contributed by atoms with Gasteiger partial charge in [0.2, 0.25) is 0 Å². The zero-order valence-corrected chi connectivity index (χ0v) is 18.4. The first kappa shape index (κ1) is 41.6. The molecular formula is C18H22Cu2N2O8. The summed E-state index contributed by atoms with van der Waals surface area (Å²) >= 11 is 0. The maximum Gasteiger partial charge on any atom is 2.00 e. The quantitative estimate of drug-likeness (QED) is 0.327. The molecule has 30 heavy (non-hydrogen) atoms. The number of carbonyl (C=O) groups excluding carboxylic acids is 4.